The summed E-state index contributed by atoms with van der Waals surface area (Å²) in [5.74, 6) is 0.674. The van der Waals surface area contributed by atoms with E-state index in [0.29, 0.717) is 17.2 Å². The van der Waals surface area contributed by atoms with Crippen LogP contribution in [-0.4, -0.2) is 28.0 Å². The maximum atomic E-state index is 9.52. The van der Waals surface area contributed by atoms with E-state index in [9.17, 15) is 5.11 Å². The van der Waals surface area contributed by atoms with Crippen LogP contribution in [0.15, 0.2) is 0 Å². The predicted molar refractivity (Wildman–Crippen MR) is 71.3 cm³/mol. The Balaban J connectivity index is 2.21. The van der Waals surface area contributed by atoms with Crippen molar-refractivity contribution < 1.29 is 5.11 Å². The predicted octanol–water partition coefficient (Wildman–Crippen LogP) is 1.90. The van der Waals surface area contributed by atoms with Gasteiger partial charge >= 0.3 is 0 Å². The minimum absolute atomic E-state index is 0.105. The van der Waals surface area contributed by atoms with E-state index in [1.54, 1.807) is 0 Å². The number of aliphatic hydroxyl groups excluding tert-OH is 1. The summed E-state index contributed by atoms with van der Waals surface area (Å²) < 4.78 is 0. The van der Waals surface area contributed by atoms with Crippen molar-refractivity contribution in [3.8, 4) is 0 Å². The summed E-state index contributed by atoms with van der Waals surface area (Å²) in [5.41, 5.74) is 5.95. The highest BCUT2D eigenvalue weighted by molar-refractivity contribution is 8.00. The van der Waals surface area contributed by atoms with Gasteiger partial charge in [0.15, 0.2) is 0 Å². The van der Waals surface area contributed by atoms with Gasteiger partial charge in [0.1, 0.15) is 5.50 Å². The van der Waals surface area contributed by atoms with Crippen molar-refractivity contribution in [1.82, 2.24) is 5.32 Å². The van der Waals surface area contributed by atoms with Crippen LogP contribution in [-0.2, 0) is 0 Å². The van der Waals surface area contributed by atoms with E-state index in [1.807, 2.05) is 18.7 Å². The Morgan fingerprint density at radius 2 is 2.12 bits per heavy atom. The minimum Gasteiger partial charge on any atom is -0.393 e. The third-order valence-corrected chi connectivity index (χ3v) is 4.78. The molecule has 1 fully saturated rings. The summed E-state index contributed by atoms with van der Waals surface area (Å²) in [6, 6.07) is 0.513. The topological polar surface area (TPSA) is 58.3 Å². The molecule has 0 bridgehead atoms. The van der Waals surface area contributed by atoms with Crippen LogP contribution in [0.5, 0.6) is 0 Å². The molecule has 1 saturated heterocycles. The molecule has 4 N–H and O–H groups in total. The van der Waals surface area contributed by atoms with Gasteiger partial charge in [0.05, 0.1) is 6.10 Å². The molecule has 0 aromatic rings. The molecule has 0 amide bonds. The second-order valence-electron chi connectivity index (χ2n) is 5.03. The van der Waals surface area contributed by atoms with E-state index in [-0.39, 0.29) is 11.6 Å². The van der Waals surface area contributed by atoms with Crippen molar-refractivity contribution in [2.24, 2.45) is 11.7 Å². The Kier molecular flexibility index (Phi) is 6.11. The first-order valence-electron chi connectivity index (χ1n) is 6.38. The summed E-state index contributed by atoms with van der Waals surface area (Å²) >= 11 is 1.85. The van der Waals surface area contributed by atoms with Crippen molar-refractivity contribution in [2.45, 2.75) is 69.3 Å². The molecule has 0 aliphatic carbocycles. The summed E-state index contributed by atoms with van der Waals surface area (Å²) in [6.07, 6.45) is 4.00. The Morgan fingerprint density at radius 3 is 2.62 bits per heavy atom. The number of nitrogens with one attached hydrogen (secondary N) is 1. The van der Waals surface area contributed by atoms with Gasteiger partial charge in [-0.25, -0.2) is 0 Å². The maximum Gasteiger partial charge on any atom is 0.103 e. The molecule has 0 spiro atoms. The van der Waals surface area contributed by atoms with Crippen LogP contribution in [0.4, 0.5) is 0 Å². The first-order chi connectivity index (χ1) is 7.52. The molecule has 3 nitrogen and oxygen atoms in total. The zero-order valence-electron chi connectivity index (χ0n) is 10.6. The lowest BCUT2D eigenvalue weighted by Gasteiger charge is -2.19. The molecule has 1 heterocycles. The summed E-state index contributed by atoms with van der Waals surface area (Å²) in [6.45, 7) is 6.52. The van der Waals surface area contributed by atoms with Crippen LogP contribution in [0.2, 0.25) is 0 Å². The zero-order valence-corrected chi connectivity index (χ0v) is 11.5. The molecule has 1 rings (SSSR count). The van der Waals surface area contributed by atoms with Gasteiger partial charge < -0.3 is 10.8 Å². The lowest BCUT2D eigenvalue weighted by molar-refractivity contribution is 0.150. The molecule has 2 unspecified atom stereocenters. The second-order valence-corrected chi connectivity index (χ2v) is 6.42. The number of rotatable bonds is 6. The molecule has 0 aromatic carbocycles. The van der Waals surface area contributed by atoms with Crippen LogP contribution in [0.3, 0.4) is 0 Å². The van der Waals surface area contributed by atoms with Crippen LogP contribution < -0.4 is 11.1 Å². The van der Waals surface area contributed by atoms with Gasteiger partial charge in [-0.15, -0.1) is 11.8 Å². The van der Waals surface area contributed by atoms with Crippen LogP contribution in [0, 0.1) is 5.92 Å². The van der Waals surface area contributed by atoms with Gasteiger partial charge in [-0.2, -0.15) is 0 Å². The van der Waals surface area contributed by atoms with Crippen molar-refractivity contribution in [2.75, 3.05) is 0 Å². The average Bonchev–Trinajstić information content (AvgIpc) is 2.54. The zero-order chi connectivity index (χ0) is 12.1. The normalized spacial score (nSPS) is 33.9. The van der Waals surface area contributed by atoms with Gasteiger partial charge in [0.2, 0.25) is 0 Å². The smallest absolute Gasteiger partial charge is 0.103 e. The van der Waals surface area contributed by atoms with E-state index in [4.69, 9.17) is 5.73 Å². The van der Waals surface area contributed by atoms with Crippen LogP contribution in [0.1, 0.15) is 46.5 Å². The molecule has 96 valence electrons. The first-order valence-corrected chi connectivity index (χ1v) is 7.32. The number of nitrogens with two attached hydrogens (primary N) is 1. The molecule has 5 atom stereocenters. The minimum atomic E-state index is -0.114. The van der Waals surface area contributed by atoms with E-state index in [2.05, 4.69) is 19.2 Å². The molecule has 4 heteroatoms. The SMILES string of the molecule is CCC(O)CC[C@@H](C)CC1S[C@@H](N)N[C@H]1C. The number of aliphatic hydroxyl groups is 1. The molecule has 0 saturated carbocycles. The monoisotopic (exact) mass is 246 g/mol. The number of thioether (sulfide) groups is 1. The molecule has 1 aliphatic rings. The highest BCUT2D eigenvalue weighted by Gasteiger charge is 2.29. The largest absolute Gasteiger partial charge is 0.393 e. The lowest BCUT2D eigenvalue weighted by Crippen LogP contribution is -2.35. The Bertz CT molecular complexity index is 203. The molecular weight excluding hydrogens is 220 g/mol. The molecule has 1 aliphatic heterocycles. The second kappa shape index (κ2) is 6.84. The highest BCUT2D eigenvalue weighted by Crippen LogP contribution is 2.31. The fourth-order valence-corrected chi connectivity index (χ4v) is 3.59. The quantitative estimate of drug-likeness (QED) is 0.670. The fraction of sp³-hybridized carbons (Fsp3) is 1.00. The van der Waals surface area contributed by atoms with Crippen molar-refractivity contribution in [1.29, 1.82) is 0 Å². The molecule has 16 heavy (non-hydrogen) atoms. The van der Waals surface area contributed by atoms with E-state index in [0.717, 1.165) is 19.3 Å². The summed E-state index contributed by atoms with van der Waals surface area (Å²) in [7, 11) is 0. The highest BCUT2D eigenvalue weighted by atomic mass is 32.2. The van der Waals surface area contributed by atoms with Crippen molar-refractivity contribution in [3.05, 3.63) is 0 Å². The standard InChI is InChI=1S/C12H26N2OS/c1-4-10(15)6-5-8(2)7-11-9(3)14-12(13)16-11/h8-12,14-15H,4-7,13H2,1-3H3/t8-,9+,10?,11?,12+/m1/s1. The van der Waals surface area contributed by atoms with Gasteiger partial charge in [-0.05, 0) is 38.5 Å². The van der Waals surface area contributed by atoms with Gasteiger partial charge in [0.25, 0.3) is 0 Å². The van der Waals surface area contributed by atoms with Crippen LogP contribution in [0.25, 0.3) is 0 Å². The summed E-state index contributed by atoms with van der Waals surface area (Å²) in [4.78, 5) is 0. The number of hydrogen-bond acceptors (Lipinski definition) is 4. The van der Waals surface area contributed by atoms with Crippen molar-refractivity contribution >= 4 is 11.8 Å². The summed E-state index contributed by atoms with van der Waals surface area (Å²) in [5, 5.41) is 13.5. The maximum absolute atomic E-state index is 9.52. The van der Waals surface area contributed by atoms with E-state index < -0.39 is 0 Å². The van der Waals surface area contributed by atoms with Gasteiger partial charge in [0, 0.05) is 11.3 Å². The molecule has 0 aromatic heterocycles. The third-order valence-electron chi connectivity index (χ3n) is 3.40. The molecule has 0 radical (unpaired) electrons. The Hall–Kier alpha value is 0.230. The fourth-order valence-electron chi connectivity index (χ4n) is 2.17. The lowest BCUT2D eigenvalue weighted by atomic mass is 9.95. The van der Waals surface area contributed by atoms with E-state index in [1.165, 1.54) is 6.42 Å². The first kappa shape index (κ1) is 14.3. The average molecular weight is 246 g/mol. The third kappa shape index (κ3) is 4.62. The van der Waals surface area contributed by atoms with Gasteiger partial charge in [-0.3, -0.25) is 5.32 Å². The Labute approximate surface area is 104 Å². The van der Waals surface area contributed by atoms with Crippen molar-refractivity contribution in [3.63, 3.8) is 0 Å². The van der Waals surface area contributed by atoms with E-state index >= 15 is 0 Å². The van der Waals surface area contributed by atoms with Gasteiger partial charge in [-0.1, -0.05) is 13.8 Å². The number of hydrogen-bond donors (Lipinski definition) is 3. The Morgan fingerprint density at radius 1 is 1.44 bits per heavy atom. The van der Waals surface area contributed by atoms with Crippen LogP contribution >= 0.6 is 11.8 Å². The molecular formula is C12H26N2OS.